The number of likely N-dealkylation sites (tertiary alicyclic amines) is 1. The van der Waals surface area contributed by atoms with Crippen molar-refractivity contribution in [2.24, 2.45) is 23.7 Å². The highest BCUT2D eigenvalue weighted by atomic mass is 16.5. The molecule has 1 saturated heterocycles. The molecule has 5 fully saturated rings. The molecule has 6 nitrogen and oxygen atoms in total. The third-order valence-corrected chi connectivity index (χ3v) is 8.01. The molecule has 0 unspecified atom stereocenters. The molecule has 4 bridgehead atoms. The van der Waals surface area contributed by atoms with Crippen LogP contribution in [0.3, 0.4) is 0 Å². The molecule has 0 radical (unpaired) electrons. The second kappa shape index (κ2) is 8.81. The molecule has 5 aliphatic rings. The largest absolute Gasteiger partial charge is 0.489 e. The van der Waals surface area contributed by atoms with Gasteiger partial charge in [-0.2, -0.15) is 0 Å². The van der Waals surface area contributed by atoms with Gasteiger partial charge in [0.15, 0.2) is 0 Å². The maximum Gasteiger partial charge on any atom is 0.255 e. The monoisotopic (exact) mass is 426 g/mol. The van der Waals surface area contributed by atoms with E-state index in [4.69, 9.17) is 9.47 Å². The summed E-state index contributed by atoms with van der Waals surface area (Å²) in [4.78, 5) is 27.1. The fraction of sp³-hybridized carbons (Fsp3) is 0.680. The van der Waals surface area contributed by atoms with Crippen LogP contribution in [0.1, 0.15) is 55.3 Å². The molecular formula is C25H34N2O4. The minimum atomic E-state index is 0.000724. The predicted molar refractivity (Wildman–Crippen MR) is 117 cm³/mol. The van der Waals surface area contributed by atoms with Crippen LogP contribution in [-0.2, 0) is 9.53 Å². The standard InChI is InChI=1S/C25H34N2O4/c1-30-15-23(28)27-8-6-20(7-9-27)31-22-5-3-2-4-21(22)25(29)26-24-18-11-16-10-17(13-18)14-19(24)12-16/h2-5,16-20,24H,6-15H2,1H3,(H,26,29). The molecule has 0 spiro atoms. The Bertz CT molecular complexity index is 789. The first kappa shape index (κ1) is 20.8. The molecule has 1 aromatic carbocycles. The Labute approximate surface area is 184 Å². The van der Waals surface area contributed by atoms with Crippen LogP contribution in [-0.4, -0.2) is 55.7 Å². The predicted octanol–water partition coefficient (Wildman–Crippen LogP) is 3.26. The quantitative estimate of drug-likeness (QED) is 0.758. The third-order valence-electron chi connectivity index (χ3n) is 8.01. The molecule has 168 valence electrons. The van der Waals surface area contributed by atoms with Gasteiger partial charge in [0.2, 0.25) is 5.91 Å². The Kier molecular flexibility index (Phi) is 5.91. The zero-order chi connectivity index (χ0) is 21.4. The van der Waals surface area contributed by atoms with Crippen molar-refractivity contribution in [3.05, 3.63) is 29.8 Å². The van der Waals surface area contributed by atoms with E-state index in [0.717, 1.165) is 24.7 Å². The lowest BCUT2D eigenvalue weighted by Gasteiger charge is -2.54. The molecule has 1 N–H and O–H groups in total. The fourth-order valence-electron chi connectivity index (χ4n) is 6.76. The maximum atomic E-state index is 13.3. The van der Waals surface area contributed by atoms with Crippen LogP contribution in [0.15, 0.2) is 24.3 Å². The first-order valence-electron chi connectivity index (χ1n) is 11.9. The van der Waals surface area contributed by atoms with Crippen LogP contribution in [0, 0.1) is 23.7 Å². The number of hydrogen-bond donors (Lipinski definition) is 1. The van der Waals surface area contributed by atoms with Crippen molar-refractivity contribution in [3.63, 3.8) is 0 Å². The van der Waals surface area contributed by atoms with E-state index >= 15 is 0 Å². The van der Waals surface area contributed by atoms with E-state index in [2.05, 4.69) is 5.32 Å². The summed E-state index contributed by atoms with van der Waals surface area (Å²) in [6, 6.07) is 7.92. The average Bonchev–Trinajstić information content (AvgIpc) is 2.77. The summed E-state index contributed by atoms with van der Waals surface area (Å²) in [6.07, 6.45) is 8.11. The number of piperidine rings is 1. The van der Waals surface area contributed by atoms with Gasteiger partial charge in [0.25, 0.3) is 5.91 Å². The number of carbonyl (C=O) groups is 2. The number of ether oxygens (including phenoxy) is 2. The molecule has 0 atom stereocenters. The van der Waals surface area contributed by atoms with Gasteiger partial charge in [-0.05, 0) is 67.9 Å². The Balaban J connectivity index is 1.21. The number of nitrogens with zero attached hydrogens (tertiary/aromatic N) is 1. The number of carbonyl (C=O) groups excluding carboxylic acids is 2. The Morgan fingerprint density at radius 2 is 1.65 bits per heavy atom. The number of methoxy groups -OCH3 is 1. The fourth-order valence-corrected chi connectivity index (χ4v) is 6.76. The van der Waals surface area contributed by atoms with Crippen molar-refractivity contribution < 1.29 is 19.1 Å². The summed E-state index contributed by atoms with van der Waals surface area (Å²) in [5.74, 6) is 3.79. The van der Waals surface area contributed by atoms with E-state index in [1.54, 1.807) is 7.11 Å². The number of benzene rings is 1. The molecule has 4 aliphatic carbocycles. The molecule has 2 amide bonds. The second-order valence-electron chi connectivity index (χ2n) is 10.1. The van der Waals surface area contributed by atoms with Gasteiger partial charge in [0, 0.05) is 39.1 Å². The first-order valence-corrected chi connectivity index (χ1v) is 11.9. The van der Waals surface area contributed by atoms with Gasteiger partial charge >= 0.3 is 0 Å². The van der Waals surface area contributed by atoms with Crippen LogP contribution in [0.5, 0.6) is 5.75 Å². The summed E-state index contributed by atoms with van der Waals surface area (Å²) in [6.45, 7) is 1.45. The second-order valence-corrected chi connectivity index (χ2v) is 10.1. The number of rotatable bonds is 6. The van der Waals surface area contributed by atoms with Crippen molar-refractivity contribution in [2.45, 2.75) is 57.1 Å². The average molecular weight is 427 g/mol. The zero-order valence-corrected chi connectivity index (χ0v) is 18.4. The normalized spacial score (nSPS) is 32.2. The molecule has 6 heteroatoms. The SMILES string of the molecule is COCC(=O)N1CCC(Oc2ccccc2C(=O)NC2C3CC4CC(C3)CC2C4)CC1. The Hall–Kier alpha value is -2.08. The van der Waals surface area contributed by atoms with Crippen LogP contribution < -0.4 is 10.1 Å². The van der Waals surface area contributed by atoms with E-state index < -0.39 is 0 Å². The van der Waals surface area contributed by atoms with Crippen LogP contribution in [0.2, 0.25) is 0 Å². The number of hydrogen-bond acceptors (Lipinski definition) is 4. The highest BCUT2D eigenvalue weighted by molar-refractivity contribution is 5.97. The molecular weight excluding hydrogens is 392 g/mol. The van der Waals surface area contributed by atoms with Gasteiger partial charge in [-0.3, -0.25) is 9.59 Å². The zero-order valence-electron chi connectivity index (χ0n) is 18.4. The van der Waals surface area contributed by atoms with Gasteiger partial charge in [-0.15, -0.1) is 0 Å². The lowest BCUT2D eigenvalue weighted by molar-refractivity contribution is -0.136. The van der Waals surface area contributed by atoms with Gasteiger partial charge in [-0.25, -0.2) is 0 Å². The molecule has 4 saturated carbocycles. The summed E-state index contributed by atoms with van der Waals surface area (Å²) in [7, 11) is 1.54. The van der Waals surface area contributed by atoms with E-state index in [9.17, 15) is 9.59 Å². The Morgan fingerprint density at radius 3 is 2.29 bits per heavy atom. The van der Waals surface area contributed by atoms with Crippen LogP contribution in [0.25, 0.3) is 0 Å². The number of amides is 2. The molecule has 1 aromatic rings. The summed E-state index contributed by atoms with van der Waals surface area (Å²) in [5.41, 5.74) is 0.634. The van der Waals surface area contributed by atoms with Crippen LogP contribution >= 0.6 is 0 Å². The molecule has 1 aliphatic heterocycles. The highest BCUT2D eigenvalue weighted by Crippen LogP contribution is 2.53. The topological polar surface area (TPSA) is 67.9 Å². The van der Waals surface area contributed by atoms with E-state index in [1.165, 1.54) is 32.1 Å². The molecule has 31 heavy (non-hydrogen) atoms. The lowest BCUT2D eigenvalue weighted by Crippen LogP contribution is -2.55. The molecule has 1 heterocycles. The third kappa shape index (κ3) is 4.32. The minimum Gasteiger partial charge on any atom is -0.489 e. The lowest BCUT2D eigenvalue weighted by atomic mass is 9.54. The highest BCUT2D eigenvalue weighted by Gasteiger charge is 2.48. The van der Waals surface area contributed by atoms with Gasteiger partial charge < -0.3 is 19.7 Å². The van der Waals surface area contributed by atoms with Crippen molar-refractivity contribution >= 4 is 11.8 Å². The first-order chi connectivity index (χ1) is 15.1. The summed E-state index contributed by atoms with van der Waals surface area (Å²) < 4.78 is 11.2. The van der Waals surface area contributed by atoms with Crippen LogP contribution in [0.4, 0.5) is 0 Å². The maximum absolute atomic E-state index is 13.3. The van der Waals surface area contributed by atoms with E-state index in [1.807, 2.05) is 29.2 Å². The van der Waals surface area contributed by atoms with Gasteiger partial charge in [0.05, 0.1) is 5.56 Å². The number of para-hydroxylation sites is 1. The van der Waals surface area contributed by atoms with Crippen molar-refractivity contribution in [2.75, 3.05) is 26.8 Å². The van der Waals surface area contributed by atoms with Gasteiger partial charge in [0.1, 0.15) is 18.5 Å². The van der Waals surface area contributed by atoms with Gasteiger partial charge in [-0.1, -0.05) is 12.1 Å². The van der Waals surface area contributed by atoms with Crippen molar-refractivity contribution in [1.29, 1.82) is 0 Å². The molecule has 0 aromatic heterocycles. The summed E-state index contributed by atoms with van der Waals surface area (Å²) in [5, 5.41) is 3.41. The van der Waals surface area contributed by atoms with E-state index in [-0.39, 0.29) is 24.5 Å². The summed E-state index contributed by atoms with van der Waals surface area (Å²) >= 11 is 0. The Morgan fingerprint density at radius 1 is 1.00 bits per heavy atom. The number of nitrogens with one attached hydrogen (secondary N) is 1. The van der Waals surface area contributed by atoms with E-state index in [0.29, 0.717) is 42.3 Å². The van der Waals surface area contributed by atoms with Crippen molar-refractivity contribution in [3.8, 4) is 5.75 Å². The van der Waals surface area contributed by atoms with Crippen molar-refractivity contribution in [1.82, 2.24) is 10.2 Å². The smallest absolute Gasteiger partial charge is 0.255 e. The molecule has 6 rings (SSSR count). The minimum absolute atomic E-state index is 0.000724.